The Balaban J connectivity index is 2.48. The highest BCUT2D eigenvalue weighted by atomic mass is 79.9. The molecule has 0 N–H and O–H groups in total. The summed E-state index contributed by atoms with van der Waals surface area (Å²) in [6.45, 7) is 0. The summed E-state index contributed by atoms with van der Waals surface area (Å²) in [6.07, 6.45) is 0.804. The molecule has 1 saturated carbocycles. The average molecular weight is 185 g/mol. The third-order valence-corrected chi connectivity index (χ3v) is 3.48. The van der Waals surface area contributed by atoms with E-state index >= 15 is 0 Å². The molecule has 1 fully saturated rings. The van der Waals surface area contributed by atoms with Gasteiger partial charge in [0.05, 0.1) is 5.25 Å². The first kappa shape index (κ1) is 5.56. The van der Waals surface area contributed by atoms with Gasteiger partial charge in [0.1, 0.15) is 10.7 Å². The van der Waals surface area contributed by atoms with Crippen LogP contribution in [0.25, 0.3) is 0 Å². The van der Waals surface area contributed by atoms with Crippen molar-refractivity contribution in [3.05, 3.63) is 0 Å². The molecule has 7 heavy (non-hydrogen) atoms. The van der Waals surface area contributed by atoms with Crippen molar-refractivity contribution in [2.24, 2.45) is 0 Å². The summed E-state index contributed by atoms with van der Waals surface area (Å²) in [5.41, 5.74) is 0. The normalized spacial score (nSPS) is 39.1. The van der Waals surface area contributed by atoms with E-state index in [2.05, 4.69) is 15.9 Å². The first-order valence-electron chi connectivity index (χ1n) is 1.99. The van der Waals surface area contributed by atoms with Crippen LogP contribution in [-0.4, -0.2) is 18.5 Å². The molecular weight excluding hydrogens is 180 g/mol. The van der Waals surface area contributed by atoms with Crippen LogP contribution in [0.5, 0.6) is 0 Å². The van der Waals surface area contributed by atoms with Crippen molar-refractivity contribution in [2.75, 3.05) is 0 Å². The minimum atomic E-state index is -2.13. The lowest BCUT2D eigenvalue weighted by molar-refractivity contribution is 0.613. The van der Waals surface area contributed by atoms with Gasteiger partial charge in [0, 0.05) is 4.83 Å². The Kier molecular flexibility index (Phi) is 1.39. The van der Waals surface area contributed by atoms with Gasteiger partial charge >= 0.3 is 0 Å². The van der Waals surface area contributed by atoms with Gasteiger partial charge in [-0.25, -0.2) is 8.42 Å². The second-order valence-corrected chi connectivity index (χ2v) is 4.01. The summed E-state index contributed by atoms with van der Waals surface area (Å²) in [4.78, 5) is 0.258. The zero-order valence-corrected chi connectivity index (χ0v) is 5.98. The number of halogens is 1. The number of hydrogen-bond acceptors (Lipinski definition) is 2. The maximum Gasteiger partial charge on any atom is 0.144 e. The highest BCUT2D eigenvalue weighted by Crippen LogP contribution is 2.32. The second-order valence-electron chi connectivity index (χ2n) is 1.60. The predicted octanol–water partition coefficient (Wildman–Crippen LogP) is 0.134. The quantitative estimate of drug-likeness (QED) is 0.465. The summed E-state index contributed by atoms with van der Waals surface area (Å²) in [5, 5.41) is -0.0602. The van der Waals surface area contributed by atoms with Crippen molar-refractivity contribution in [1.82, 2.24) is 0 Å². The molecular formula is C3H5BrO2S. The molecule has 0 aromatic rings. The molecule has 0 bridgehead atoms. The van der Waals surface area contributed by atoms with Crippen LogP contribution in [0.3, 0.4) is 0 Å². The Morgan fingerprint density at radius 3 is 2.00 bits per heavy atom. The molecule has 0 aromatic heterocycles. The van der Waals surface area contributed by atoms with Crippen LogP contribution in [0.15, 0.2) is 0 Å². The fourth-order valence-corrected chi connectivity index (χ4v) is 2.30. The van der Waals surface area contributed by atoms with E-state index in [0.717, 1.165) is 6.42 Å². The fraction of sp³-hybridized carbons (Fsp3) is 1.00. The molecule has 2 unspecified atom stereocenters. The van der Waals surface area contributed by atoms with E-state index in [1.54, 1.807) is 0 Å². The largest absolute Gasteiger partial charge is 0.232 e. The number of alkyl halides is 1. The molecule has 0 saturated heterocycles. The Hall–Kier alpha value is 0.430. The molecule has 2 atom stereocenters. The molecule has 4 heteroatoms. The lowest BCUT2D eigenvalue weighted by atomic mass is 11.0. The predicted molar refractivity (Wildman–Crippen MR) is 31.4 cm³/mol. The number of thiol groups is 1. The molecule has 1 aliphatic carbocycles. The van der Waals surface area contributed by atoms with Crippen LogP contribution in [0, 0.1) is 0 Å². The van der Waals surface area contributed by atoms with Crippen molar-refractivity contribution >= 4 is 26.6 Å². The second kappa shape index (κ2) is 1.74. The number of rotatable bonds is 1. The van der Waals surface area contributed by atoms with Gasteiger partial charge < -0.3 is 0 Å². The van der Waals surface area contributed by atoms with Crippen LogP contribution >= 0.6 is 15.9 Å². The molecule has 2 nitrogen and oxygen atoms in total. The third kappa shape index (κ3) is 1.16. The summed E-state index contributed by atoms with van der Waals surface area (Å²) in [6, 6.07) is 0. The Morgan fingerprint density at radius 1 is 1.57 bits per heavy atom. The summed E-state index contributed by atoms with van der Waals surface area (Å²) < 4.78 is 20.0. The monoisotopic (exact) mass is 184 g/mol. The standard InChI is InChI=1S/C3H5BrO2S/c4-2-1-3(2)7(5)6/h2-3,7H,1H2. The molecule has 0 spiro atoms. The molecule has 0 radical (unpaired) electrons. The highest BCUT2D eigenvalue weighted by Gasteiger charge is 2.37. The molecule has 1 rings (SSSR count). The van der Waals surface area contributed by atoms with E-state index < -0.39 is 10.7 Å². The average Bonchev–Trinajstić information content (AvgIpc) is 2.17. The van der Waals surface area contributed by atoms with Crippen molar-refractivity contribution in [1.29, 1.82) is 0 Å². The molecule has 0 amide bonds. The minimum Gasteiger partial charge on any atom is -0.232 e. The van der Waals surface area contributed by atoms with Gasteiger partial charge in [-0.1, -0.05) is 15.9 Å². The van der Waals surface area contributed by atoms with Crippen LogP contribution in [-0.2, 0) is 10.7 Å². The van der Waals surface area contributed by atoms with Gasteiger partial charge in [-0.2, -0.15) is 0 Å². The van der Waals surface area contributed by atoms with Crippen molar-refractivity contribution < 1.29 is 8.42 Å². The summed E-state index contributed by atoms with van der Waals surface area (Å²) >= 11 is 3.17. The van der Waals surface area contributed by atoms with Gasteiger partial charge in [-0.05, 0) is 6.42 Å². The first-order chi connectivity index (χ1) is 3.22. The summed E-state index contributed by atoms with van der Waals surface area (Å²) in [5.74, 6) is 0. The zero-order valence-electron chi connectivity index (χ0n) is 3.50. The molecule has 0 aromatic carbocycles. The fourth-order valence-electron chi connectivity index (χ4n) is 0.370. The van der Waals surface area contributed by atoms with Gasteiger partial charge in [-0.3, -0.25) is 0 Å². The Labute approximate surface area is 52.0 Å². The lowest BCUT2D eigenvalue weighted by Crippen LogP contribution is -1.86. The van der Waals surface area contributed by atoms with Crippen molar-refractivity contribution in [2.45, 2.75) is 16.5 Å². The smallest absolute Gasteiger partial charge is 0.144 e. The van der Waals surface area contributed by atoms with E-state index in [1.165, 1.54) is 0 Å². The summed E-state index contributed by atoms with van der Waals surface area (Å²) in [7, 11) is -2.13. The van der Waals surface area contributed by atoms with Crippen LogP contribution in [0.1, 0.15) is 6.42 Å². The van der Waals surface area contributed by atoms with Crippen molar-refractivity contribution in [3.63, 3.8) is 0 Å². The minimum absolute atomic E-state index is 0.0602. The van der Waals surface area contributed by atoms with E-state index in [1.807, 2.05) is 0 Å². The van der Waals surface area contributed by atoms with Crippen LogP contribution < -0.4 is 0 Å². The first-order valence-corrected chi connectivity index (χ1v) is 4.15. The van der Waals surface area contributed by atoms with E-state index in [4.69, 9.17) is 0 Å². The van der Waals surface area contributed by atoms with Gasteiger partial charge in [-0.15, -0.1) is 0 Å². The Morgan fingerprint density at radius 2 is 2.00 bits per heavy atom. The van der Waals surface area contributed by atoms with Gasteiger partial charge in [0.25, 0.3) is 0 Å². The van der Waals surface area contributed by atoms with Crippen molar-refractivity contribution in [3.8, 4) is 0 Å². The maximum atomic E-state index is 9.98. The number of hydrogen-bond donors (Lipinski definition) is 1. The lowest BCUT2D eigenvalue weighted by Gasteiger charge is -1.70. The van der Waals surface area contributed by atoms with Crippen LogP contribution in [0.4, 0.5) is 0 Å². The maximum absolute atomic E-state index is 9.98. The SMILES string of the molecule is O=[SH](=O)C1CC1Br. The Bertz CT molecular complexity index is 134. The molecule has 0 aliphatic heterocycles. The van der Waals surface area contributed by atoms with Gasteiger partial charge in [0.2, 0.25) is 0 Å². The van der Waals surface area contributed by atoms with E-state index in [0.29, 0.717) is 0 Å². The third-order valence-electron chi connectivity index (χ3n) is 0.952. The highest BCUT2D eigenvalue weighted by molar-refractivity contribution is 9.09. The molecule has 42 valence electrons. The van der Waals surface area contributed by atoms with Crippen LogP contribution in [0.2, 0.25) is 0 Å². The van der Waals surface area contributed by atoms with E-state index in [9.17, 15) is 8.42 Å². The zero-order chi connectivity index (χ0) is 5.44. The topological polar surface area (TPSA) is 34.1 Å². The van der Waals surface area contributed by atoms with E-state index in [-0.39, 0.29) is 10.1 Å². The van der Waals surface area contributed by atoms with Gasteiger partial charge in [0.15, 0.2) is 0 Å². The molecule has 0 heterocycles. The molecule has 1 aliphatic rings.